The molecule has 0 saturated heterocycles. The maximum atomic E-state index is 13.0. The van der Waals surface area contributed by atoms with Crippen LogP contribution in [0, 0.1) is 10.1 Å². The molecule has 10 heteroatoms. The van der Waals surface area contributed by atoms with Crippen LogP contribution >= 0.6 is 0 Å². The first-order valence-corrected chi connectivity index (χ1v) is 12.2. The van der Waals surface area contributed by atoms with E-state index in [0.29, 0.717) is 12.2 Å². The Morgan fingerprint density at radius 2 is 1.91 bits per heavy atom. The molecule has 0 bridgehead atoms. The van der Waals surface area contributed by atoms with Gasteiger partial charge in [0.15, 0.2) is 0 Å². The zero-order chi connectivity index (χ0) is 23.5. The summed E-state index contributed by atoms with van der Waals surface area (Å²) in [6.45, 7) is 3.57. The van der Waals surface area contributed by atoms with Crippen LogP contribution in [0.1, 0.15) is 44.7 Å². The highest BCUT2D eigenvalue weighted by molar-refractivity contribution is 7.92. The third kappa shape index (κ3) is 5.01. The fourth-order valence-corrected chi connectivity index (χ4v) is 4.81. The number of carbonyl (C=O) groups excluding carboxylic acids is 1. The Labute approximate surface area is 187 Å². The molecule has 1 atom stereocenters. The zero-order valence-electron chi connectivity index (χ0n) is 18.3. The molecule has 1 amide bonds. The van der Waals surface area contributed by atoms with Crippen LogP contribution in [0.2, 0.25) is 0 Å². The summed E-state index contributed by atoms with van der Waals surface area (Å²) in [6.07, 6.45) is 3.03. The smallest absolute Gasteiger partial charge is 0.271 e. The molecule has 32 heavy (non-hydrogen) atoms. The van der Waals surface area contributed by atoms with Crippen LogP contribution in [0.25, 0.3) is 0 Å². The molecule has 1 aliphatic rings. The SMILES string of the molecule is CCC1(CC)CC(NC(=O)CN(c2cccc([N+](=O)[O-])c2)S(C)(=O)=O)c2ccccc2O1. The summed E-state index contributed by atoms with van der Waals surface area (Å²) in [5, 5.41) is 14.0. The van der Waals surface area contributed by atoms with E-state index in [1.165, 1.54) is 18.2 Å². The number of nitro benzene ring substituents is 1. The van der Waals surface area contributed by atoms with Gasteiger partial charge in [-0.05, 0) is 25.0 Å². The molecule has 0 fully saturated rings. The number of anilines is 1. The van der Waals surface area contributed by atoms with Gasteiger partial charge in [-0.25, -0.2) is 8.42 Å². The molecule has 0 saturated carbocycles. The van der Waals surface area contributed by atoms with Crippen molar-refractivity contribution in [3.05, 3.63) is 64.2 Å². The first-order chi connectivity index (χ1) is 15.1. The minimum Gasteiger partial charge on any atom is -0.487 e. The molecule has 0 radical (unpaired) electrons. The Morgan fingerprint density at radius 1 is 1.22 bits per heavy atom. The molecule has 9 nitrogen and oxygen atoms in total. The van der Waals surface area contributed by atoms with Crippen molar-refractivity contribution in [3.8, 4) is 5.75 Å². The van der Waals surface area contributed by atoms with E-state index in [1.54, 1.807) is 0 Å². The Kier molecular flexibility index (Phi) is 6.73. The van der Waals surface area contributed by atoms with Gasteiger partial charge in [0.05, 0.1) is 22.9 Å². The number of nitrogens with zero attached hydrogens (tertiary/aromatic N) is 2. The molecule has 1 N–H and O–H groups in total. The number of rotatable bonds is 8. The molecular weight excluding hydrogens is 434 g/mol. The summed E-state index contributed by atoms with van der Waals surface area (Å²) >= 11 is 0. The van der Waals surface area contributed by atoms with E-state index < -0.39 is 33.0 Å². The summed E-state index contributed by atoms with van der Waals surface area (Å²) in [7, 11) is -3.86. The van der Waals surface area contributed by atoms with Crippen LogP contribution in [0.15, 0.2) is 48.5 Å². The number of non-ortho nitro benzene ring substituents is 1. The van der Waals surface area contributed by atoms with Gasteiger partial charge >= 0.3 is 0 Å². The highest BCUT2D eigenvalue weighted by Crippen LogP contribution is 2.42. The number of sulfonamides is 1. The second-order valence-corrected chi connectivity index (χ2v) is 9.81. The third-order valence-corrected chi connectivity index (χ3v) is 6.98. The van der Waals surface area contributed by atoms with Crippen molar-refractivity contribution in [2.75, 3.05) is 17.1 Å². The Hall–Kier alpha value is -3.14. The lowest BCUT2D eigenvalue weighted by Gasteiger charge is -2.41. The Balaban J connectivity index is 1.87. The summed E-state index contributed by atoms with van der Waals surface area (Å²) in [4.78, 5) is 23.4. The summed E-state index contributed by atoms with van der Waals surface area (Å²) < 4.78 is 31.9. The number of nitrogens with one attached hydrogen (secondary N) is 1. The number of para-hydroxylation sites is 1. The average Bonchev–Trinajstić information content (AvgIpc) is 2.76. The minimum atomic E-state index is -3.86. The van der Waals surface area contributed by atoms with E-state index in [1.807, 2.05) is 38.1 Å². The van der Waals surface area contributed by atoms with Gasteiger partial charge in [-0.3, -0.25) is 19.2 Å². The van der Waals surface area contributed by atoms with Gasteiger partial charge in [0.25, 0.3) is 5.69 Å². The minimum absolute atomic E-state index is 0.0562. The van der Waals surface area contributed by atoms with Gasteiger partial charge in [-0.1, -0.05) is 38.1 Å². The summed E-state index contributed by atoms with van der Waals surface area (Å²) in [5.74, 6) is 0.191. The third-order valence-electron chi connectivity index (χ3n) is 5.84. The number of benzene rings is 2. The fraction of sp³-hybridized carbons (Fsp3) is 0.409. The maximum absolute atomic E-state index is 13.0. The highest BCUT2D eigenvalue weighted by atomic mass is 32.2. The highest BCUT2D eigenvalue weighted by Gasteiger charge is 2.39. The molecule has 172 valence electrons. The van der Waals surface area contributed by atoms with Crippen LogP contribution in [0.5, 0.6) is 5.75 Å². The normalized spacial score (nSPS) is 17.0. The van der Waals surface area contributed by atoms with E-state index in [0.717, 1.165) is 35.0 Å². The van der Waals surface area contributed by atoms with Crippen LogP contribution < -0.4 is 14.4 Å². The standard InChI is InChI=1S/C22H27N3O6S/c1-4-22(5-2)14-19(18-11-6-7-12-20(18)31-22)23-21(26)15-24(32(3,29)30)16-9-8-10-17(13-16)25(27)28/h6-13,19H,4-5,14-15H2,1-3H3,(H,23,26). The average molecular weight is 462 g/mol. The second kappa shape index (κ2) is 9.15. The molecule has 0 spiro atoms. The number of hydrogen-bond donors (Lipinski definition) is 1. The van der Waals surface area contributed by atoms with Gasteiger partial charge in [0.1, 0.15) is 17.9 Å². The largest absolute Gasteiger partial charge is 0.487 e. The van der Waals surface area contributed by atoms with Crippen LogP contribution in [-0.4, -0.2) is 37.6 Å². The predicted octanol–water partition coefficient (Wildman–Crippen LogP) is 3.56. The fourth-order valence-electron chi connectivity index (χ4n) is 3.96. The van der Waals surface area contributed by atoms with Crippen molar-refractivity contribution in [1.29, 1.82) is 0 Å². The van der Waals surface area contributed by atoms with Gasteiger partial charge in [-0.15, -0.1) is 0 Å². The van der Waals surface area contributed by atoms with Gasteiger partial charge in [0.2, 0.25) is 15.9 Å². The Morgan fingerprint density at radius 3 is 2.53 bits per heavy atom. The summed E-state index contributed by atoms with van der Waals surface area (Å²) in [6, 6.07) is 12.3. The predicted molar refractivity (Wildman–Crippen MR) is 121 cm³/mol. The first kappa shape index (κ1) is 23.5. The van der Waals surface area contributed by atoms with E-state index >= 15 is 0 Å². The van der Waals surface area contributed by atoms with Crippen molar-refractivity contribution < 1.29 is 22.9 Å². The lowest BCUT2D eigenvalue weighted by molar-refractivity contribution is -0.384. The monoisotopic (exact) mass is 461 g/mol. The van der Waals surface area contributed by atoms with Gasteiger partial charge < -0.3 is 10.1 Å². The van der Waals surface area contributed by atoms with Crippen LogP contribution in [0.4, 0.5) is 11.4 Å². The number of fused-ring (bicyclic) bond motifs is 1. The van der Waals surface area contributed by atoms with Crippen molar-refractivity contribution >= 4 is 27.3 Å². The number of hydrogen-bond acceptors (Lipinski definition) is 6. The van der Waals surface area contributed by atoms with E-state index in [4.69, 9.17) is 4.74 Å². The maximum Gasteiger partial charge on any atom is 0.271 e. The van der Waals surface area contributed by atoms with Crippen molar-refractivity contribution in [3.63, 3.8) is 0 Å². The lowest BCUT2D eigenvalue weighted by atomic mass is 9.83. The molecule has 0 aliphatic carbocycles. The number of carbonyl (C=O) groups is 1. The van der Waals surface area contributed by atoms with Crippen molar-refractivity contribution in [2.24, 2.45) is 0 Å². The van der Waals surface area contributed by atoms with E-state index in [2.05, 4.69) is 5.32 Å². The second-order valence-electron chi connectivity index (χ2n) is 7.90. The molecule has 1 unspecified atom stereocenters. The van der Waals surface area contributed by atoms with Crippen molar-refractivity contribution in [2.45, 2.75) is 44.8 Å². The Bertz CT molecular complexity index is 1110. The van der Waals surface area contributed by atoms with Crippen molar-refractivity contribution in [1.82, 2.24) is 5.32 Å². The number of amides is 1. The molecule has 2 aromatic rings. The lowest BCUT2D eigenvalue weighted by Crippen LogP contribution is -2.47. The molecule has 1 heterocycles. The number of ether oxygens (including phenoxy) is 1. The molecule has 1 aliphatic heterocycles. The topological polar surface area (TPSA) is 119 Å². The quantitative estimate of drug-likeness (QED) is 0.474. The number of nitro groups is 1. The first-order valence-electron chi connectivity index (χ1n) is 10.4. The molecule has 0 aromatic heterocycles. The van der Waals surface area contributed by atoms with Crippen LogP contribution in [0.3, 0.4) is 0 Å². The van der Waals surface area contributed by atoms with Gasteiger partial charge in [0, 0.05) is 24.1 Å². The van der Waals surface area contributed by atoms with E-state index in [9.17, 15) is 23.3 Å². The molecule has 3 rings (SSSR count). The van der Waals surface area contributed by atoms with E-state index in [-0.39, 0.29) is 17.4 Å². The molecule has 2 aromatic carbocycles. The zero-order valence-corrected chi connectivity index (χ0v) is 19.1. The van der Waals surface area contributed by atoms with Crippen LogP contribution in [-0.2, 0) is 14.8 Å². The summed E-state index contributed by atoms with van der Waals surface area (Å²) in [5.41, 5.74) is 0.203. The molecular formula is C22H27N3O6S. The van der Waals surface area contributed by atoms with Gasteiger partial charge in [-0.2, -0.15) is 0 Å².